The average molecular weight is 410 g/mol. The number of guanidine groups is 1. The lowest BCUT2D eigenvalue weighted by molar-refractivity contribution is -0.137. The second-order valence-electron chi connectivity index (χ2n) is 5.95. The summed E-state index contributed by atoms with van der Waals surface area (Å²) in [7, 11) is 0. The van der Waals surface area contributed by atoms with Crippen LogP contribution in [0.5, 0.6) is 0 Å². The molecule has 152 valence electrons. The molecule has 0 spiro atoms. The Labute approximate surface area is 168 Å². The molecule has 0 aliphatic carbocycles. The topological polar surface area (TPSA) is 162 Å². The molecule has 0 bridgehead atoms. The van der Waals surface area contributed by atoms with Crippen molar-refractivity contribution in [3.05, 3.63) is 47.8 Å². The largest absolute Gasteiger partial charge is 0.481 e. The zero-order valence-electron chi connectivity index (χ0n) is 15.2. The summed E-state index contributed by atoms with van der Waals surface area (Å²) in [6.07, 6.45) is 2.80. The maximum absolute atomic E-state index is 12.3. The van der Waals surface area contributed by atoms with Crippen LogP contribution in [0.15, 0.2) is 41.5 Å². The van der Waals surface area contributed by atoms with Crippen LogP contribution < -0.4 is 16.8 Å². The predicted octanol–water partition coefficient (Wildman–Crippen LogP) is 0.238. The number of halogens is 1. The number of carboxylic acids is 1. The Bertz CT molecular complexity index is 791. The third kappa shape index (κ3) is 8.04. The molecule has 0 radical (unpaired) electrons. The van der Waals surface area contributed by atoms with Gasteiger partial charge in [0, 0.05) is 12.7 Å². The number of nitrogens with two attached hydrogens (primary N) is 2. The summed E-state index contributed by atoms with van der Waals surface area (Å²) in [4.78, 5) is 27.3. The molecule has 6 N–H and O–H groups in total. The third-order valence-electron chi connectivity index (χ3n) is 3.69. The lowest BCUT2D eigenvalue weighted by Gasteiger charge is -2.17. The van der Waals surface area contributed by atoms with Gasteiger partial charge in [0.05, 0.1) is 18.2 Å². The second kappa shape index (κ2) is 11.5. The van der Waals surface area contributed by atoms with E-state index in [9.17, 15) is 9.59 Å². The number of nitrogens with zero attached hydrogens (tertiary/aromatic N) is 4. The van der Waals surface area contributed by atoms with E-state index in [1.807, 2.05) is 6.07 Å². The van der Waals surface area contributed by atoms with Crippen molar-refractivity contribution in [1.82, 2.24) is 20.3 Å². The summed E-state index contributed by atoms with van der Waals surface area (Å²) >= 11 is 0. The van der Waals surface area contributed by atoms with Crippen LogP contribution in [0.1, 0.15) is 30.1 Å². The molecule has 2 rings (SSSR count). The standard InChI is InChI=1S/C17H23N7O3.ClH/c18-17(19)20-8-4-7-13-10-24(23-22-13)11-15(25)21-14(9-16(26)27)12-5-2-1-3-6-12;/h1-3,5-6,10,14H,4,7-9,11H2,(H,21,25)(H,26,27)(H4,18,19,20);1H/t14-;/m0./s1. The molecule has 0 unspecified atom stereocenters. The van der Waals surface area contributed by atoms with Crippen molar-refractivity contribution < 1.29 is 14.7 Å². The van der Waals surface area contributed by atoms with E-state index in [4.69, 9.17) is 16.6 Å². The van der Waals surface area contributed by atoms with Gasteiger partial charge in [0.15, 0.2) is 5.96 Å². The number of nitrogens with one attached hydrogen (secondary N) is 1. The quantitative estimate of drug-likeness (QED) is 0.248. The second-order valence-corrected chi connectivity index (χ2v) is 5.95. The summed E-state index contributed by atoms with van der Waals surface area (Å²) in [5, 5.41) is 19.7. The lowest BCUT2D eigenvalue weighted by Crippen LogP contribution is -2.33. The lowest BCUT2D eigenvalue weighted by atomic mass is 10.0. The van der Waals surface area contributed by atoms with Crippen molar-refractivity contribution in [3.8, 4) is 0 Å². The van der Waals surface area contributed by atoms with Crippen LogP contribution in [0.3, 0.4) is 0 Å². The number of benzene rings is 1. The minimum atomic E-state index is -0.993. The zero-order valence-corrected chi connectivity index (χ0v) is 16.0. The fourth-order valence-corrected chi connectivity index (χ4v) is 2.50. The van der Waals surface area contributed by atoms with E-state index in [0.29, 0.717) is 19.4 Å². The van der Waals surface area contributed by atoms with Crippen molar-refractivity contribution in [2.45, 2.75) is 31.8 Å². The van der Waals surface area contributed by atoms with Crippen LogP contribution in [0, 0.1) is 0 Å². The molecule has 11 heteroatoms. The average Bonchev–Trinajstić information content (AvgIpc) is 3.05. The molecule has 1 atom stereocenters. The first-order valence-corrected chi connectivity index (χ1v) is 8.44. The van der Waals surface area contributed by atoms with Gasteiger partial charge in [-0.2, -0.15) is 0 Å². The molecule has 2 aromatic rings. The Morgan fingerprint density at radius 1 is 1.25 bits per heavy atom. The maximum atomic E-state index is 12.3. The van der Waals surface area contributed by atoms with Crippen LogP contribution in [-0.4, -0.2) is 44.5 Å². The van der Waals surface area contributed by atoms with Crippen LogP contribution in [0.25, 0.3) is 0 Å². The minimum absolute atomic E-state index is 0. The third-order valence-corrected chi connectivity index (χ3v) is 3.69. The van der Waals surface area contributed by atoms with E-state index in [1.165, 1.54) is 4.68 Å². The van der Waals surface area contributed by atoms with Gasteiger partial charge in [-0.25, -0.2) is 4.68 Å². The van der Waals surface area contributed by atoms with Crippen LogP contribution in [0.2, 0.25) is 0 Å². The Kier molecular flexibility index (Phi) is 9.44. The van der Waals surface area contributed by atoms with E-state index < -0.39 is 12.0 Å². The van der Waals surface area contributed by atoms with Crippen molar-refractivity contribution in [2.24, 2.45) is 16.5 Å². The molecular weight excluding hydrogens is 386 g/mol. The van der Waals surface area contributed by atoms with Gasteiger partial charge in [0.1, 0.15) is 6.54 Å². The fraction of sp³-hybridized carbons (Fsp3) is 0.353. The van der Waals surface area contributed by atoms with E-state index in [0.717, 1.165) is 11.3 Å². The van der Waals surface area contributed by atoms with Crippen molar-refractivity contribution in [2.75, 3.05) is 6.54 Å². The molecule has 0 saturated carbocycles. The van der Waals surface area contributed by atoms with E-state index in [2.05, 4.69) is 20.6 Å². The summed E-state index contributed by atoms with van der Waals surface area (Å²) < 4.78 is 1.41. The molecule has 0 saturated heterocycles. The van der Waals surface area contributed by atoms with Gasteiger partial charge < -0.3 is 21.9 Å². The fourth-order valence-electron chi connectivity index (χ4n) is 2.50. The number of aromatic nitrogens is 3. The zero-order chi connectivity index (χ0) is 19.6. The number of hydrogen-bond donors (Lipinski definition) is 4. The Hall–Kier alpha value is -3.14. The summed E-state index contributed by atoms with van der Waals surface area (Å²) in [6.45, 7) is 0.438. The predicted molar refractivity (Wildman–Crippen MR) is 106 cm³/mol. The molecule has 0 aliphatic heterocycles. The van der Waals surface area contributed by atoms with Crippen molar-refractivity contribution >= 4 is 30.2 Å². The number of carbonyl (C=O) groups excluding carboxylic acids is 1. The number of carbonyl (C=O) groups is 2. The Morgan fingerprint density at radius 3 is 2.61 bits per heavy atom. The minimum Gasteiger partial charge on any atom is -0.481 e. The van der Waals surface area contributed by atoms with Gasteiger partial charge in [-0.15, -0.1) is 17.5 Å². The van der Waals surface area contributed by atoms with Gasteiger partial charge in [0.2, 0.25) is 5.91 Å². The highest BCUT2D eigenvalue weighted by molar-refractivity contribution is 5.85. The molecule has 0 fully saturated rings. The molecule has 0 aliphatic rings. The molecular formula is C17H24ClN7O3. The summed E-state index contributed by atoms with van der Waals surface area (Å²) in [6, 6.07) is 8.35. The Morgan fingerprint density at radius 2 is 1.96 bits per heavy atom. The van der Waals surface area contributed by atoms with Gasteiger partial charge in [0.25, 0.3) is 0 Å². The van der Waals surface area contributed by atoms with Crippen LogP contribution in [0.4, 0.5) is 0 Å². The molecule has 10 nitrogen and oxygen atoms in total. The normalized spacial score (nSPS) is 11.1. The van der Waals surface area contributed by atoms with Gasteiger partial charge >= 0.3 is 5.97 Å². The number of aliphatic imine (C=N–C) groups is 1. The molecule has 1 amide bonds. The van der Waals surface area contributed by atoms with Crippen LogP contribution >= 0.6 is 12.4 Å². The number of aliphatic carboxylic acids is 1. The number of amides is 1. The van der Waals surface area contributed by atoms with Crippen LogP contribution in [-0.2, 0) is 22.6 Å². The van der Waals surface area contributed by atoms with E-state index in [1.54, 1.807) is 30.5 Å². The van der Waals surface area contributed by atoms with E-state index >= 15 is 0 Å². The van der Waals surface area contributed by atoms with Crippen molar-refractivity contribution in [1.29, 1.82) is 0 Å². The smallest absolute Gasteiger partial charge is 0.305 e. The Balaban J connectivity index is 0.00000392. The summed E-state index contributed by atoms with van der Waals surface area (Å²) in [5.41, 5.74) is 12.0. The van der Waals surface area contributed by atoms with Gasteiger partial charge in [-0.3, -0.25) is 14.6 Å². The highest BCUT2D eigenvalue weighted by Crippen LogP contribution is 2.16. The first kappa shape index (κ1) is 22.9. The molecule has 28 heavy (non-hydrogen) atoms. The summed E-state index contributed by atoms with van der Waals surface area (Å²) in [5.74, 6) is -1.29. The van der Waals surface area contributed by atoms with E-state index in [-0.39, 0.29) is 37.2 Å². The first-order valence-electron chi connectivity index (χ1n) is 8.44. The number of rotatable bonds is 10. The maximum Gasteiger partial charge on any atom is 0.305 e. The molecule has 1 aromatic carbocycles. The molecule has 1 heterocycles. The highest BCUT2D eigenvalue weighted by atomic mass is 35.5. The SMILES string of the molecule is Cl.NC(N)=NCCCc1cn(CC(=O)N[C@@H](CC(=O)O)c2ccccc2)nn1. The van der Waals surface area contributed by atoms with Gasteiger partial charge in [-0.05, 0) is 18.4 Å². The highest BCUT2D eigenvalue weighted by Gasteiger charge is 2.18. The number of carboxylic acid groups (broad SMARTS) is 1. The van der Waals surface area contributed by atoms with Crippen molar-refractivity contribution in [3.63, 3.8) is 0 Å². The number of aryl methyl sites for hydroxylation is 1. The first-order chi connectivity index (χ1) is 12.9. The molecule has 1 aromatic heterocycles. The number of hydrogen-bond acceptors (Lipinski definition) is 5. The van der Waals surface area contributed by atoms with Gasteiger partial charge in [-0.1, -0.05) is 35.5 Å². The monoisotopic (exact) mass is 409 g/mol.